The molecule has 6 nitrogen and oxygen atoms in total. The van der Waals surface area contributed by atoms with Crippen LogP contribution in [-0.2, 0) is 9.59 Å². The van der Waals surface area contributed by atoms with Gasteiger partial charge in [-0.3, -0.25) is 14.4 Å². The Balaban J connectivity index is 2.27. The van der Waals surface area contributed by atoms with Crippen molar-refractivity contribution in [1.82, 2.24) is 5.32 Å². The summed E-state index contributed by atoms with van der Waals surface area (Å²) in [6, 6.07) is 6.79. The summed E-state index contributed by atoms with van der Waals surface area (Å²) in [6.07, 6.45) is 4.64. The summed E-state index contributed by atoms with van der Waals surface area (Å²) in [7, 11) is 0. The van der Waals surface area contributed by atoms with E-state index < -0.39 is 11.4 Å². The van der Waals surface area contributed by atoms with Crippen LogP contribution in [0.3, 0.4) is 0 Å². The van der Waals surface area contributed by atoms with Crippen LogP contribution in [0, 0.1) is 11.3 Å². The van der Waals surface area contributed by atoms with Gasteiger partial charge in [0.05, 0.1) is 23.1 Å². The maximum Gasteiger partial charge on any atom is 0.304 e. The summed E-state index contributed by atoms with van der Waals surface area (Å²) in [5.74, 6) is -1.55. The Bertz CT molecular complexity index is 695. The molecule has 1 unspecified atom stereocenters. The van der Waals surface area contributed by atoms with E-state index in [0.717, 1.165) is 32.1 Å². The number of amides is 2. The molecule has 0 spiro atoms. The number of aliphatic carboxylic acids is 1. The number of para-hydroxylation sites is 1. The first-order valence-corrected chi connectivity index (χ1v) is 9.67. The summed E-state index contributed by atoms with van der Waals surface area (Å²) in [4.78, 5) is 37.1. The first-order chi connectivity index (χ1) is 12.7. The SMILES string of the molecule is CC(C)NC(=O)c1ccccc1NC(=O)C(C)(CC(=O)O)C1CCCCC1. The number of carbonyl (C=O) groups is 3. The quantitative estimate of drug-likeness (QED) is 0.676. The fraction of sp³-hybridized carbons (Fsp3) is 0.571. The third-order valence-electron chi connectivity index (χ3n) is 5.38. The van der Waals surface area contributed by atoms with Gasteiger partial charge in [-0.25, -0.2) is 0 Å². The normalized spacial score (nSPS) is 17.2. The first-order valence-electron chi connectivity index (χ1n) is 9.67. The minimum absolute atomic E-state index is 0.0269. The highest BCUT2D eigenvalue weighted by molar-refractivity contribution is 6.05. The summed E-state index contributed by atoms with van der Waals surface area (Å²) in [5, 5.41) is 15.1. The highest BCUT2D eigenvalue weighted by Gasteiger charge is 2.43. The Kier molecular flexibility index (Phi) is 6.99. The van der Waals surface area contributed by atoms with Crippen molar-refractivity contribution in [2.45, 2.75) is 65.3 Å². The molecule has 0 heterocycles. The molecule has 1 saturated carbocycles. The number of carboxylic acid groups (broad SMARTS) is 1. The second-order valence-corrected chi connectivity index (χ2v) is 7.95. The van der Waals surface area contributed by atoms with Crippen LogP contribution in [0.5, 0.6) is 0 Å². The molecule has 27 heavy (non-hydrogen) atoms. The number of hydrogen-bond acceptors (Lipinski definition) is 3. The van der Waals surface area contributed by atoms with Crippen molar-refractivity contribution in [3.8, 4) is 0 Å². The largest absolute Gasteiger partial charge is 0.481 e. The Morgan fingerprint density at radius 2 is 1.78 bits per heavy atom. The third kappa shape index (κ3) is 5.31. The van der Waals surface area contributed by atoms with Crippen molar-refractivity contribution in [1.29, 1.82) is 0 Å². The van der Waals surface area contributed by atoms with Crippen molar-refractivity contribution in [3.63, 3.8) is 0 Å². The van der Waals surface area contributed by atoms with E-state index in [0.29, 0.717) is 11.3 Å². The Labute approximate surface area is 160 Å². The van der Waals surface area contributed by atoms with E-state index in [9.17, 15) is 19.5 Å². The Morgan fingerprint density at radius 3 is 2.37 bits per heavy atom. The molecule has 2 rings (SSSR count). The fourth-order valence-electron chi connectivity index (χ4n) is 3.86. The molecule has 6 heteroatoms. The number of benzene rings is 1. The van der Waals surface area contributed by atoms with Crippen molar-refractivity contribution in [2.75, 3.05) is 5.32 Å². The molecule has 1 aromatic carbocycles. The smallest absolute Gasteiger partial charge is 0.304 e. The van der Waals surface area contributed by atoms with Gasteiger partial charge in [-0.05, 0) is 51.7 Å². The van der Waals surface area contributed by atoms with Crippen LogP contribution in [0.1, 0.15) is 69.7 Å². The van der Waals surface area contributed by atoms with Crippen LogP contribution in [0.25, 0.3) is 0 Å². The van der Waals surface area contributed by atoms with Gasteiger partial charge in [-0.15, -0.1) is 0 Å². The van der Waals surface area contributed by atoms with Crippen LogP contribution in [-0.4, -0.2) is 28.9 Å². The van der Waals surface area contributed by atoms with Gasteiger partial charge in [-0.1, -0.05) is 31.4 Å². The van der Waals surface area contributed by atoms with Gasteiger partial charge in [0.1, 0.15) is 0 Å². The molecule has 0 radical (unpaired) electrons. The van der Waals surface area contributed by atoms with E-state index in [-0.39, 0.29) is 30.2 Å². The molecule has 1 aliphatic carbocycles. The molecule has 1 fully saturated rings. The molecular weight excluding hydrogens is 344 g/mol. The van der Waals surface area contributed by atoms with Gasteiger partial charge in [0.25, 0.3) is 5.91 Å². The lowest BCUT2D eigenvalue weighted by molar-refractivity contribution is -0.145. The average molecular weight is 374 g/mol. The zero-order valence-electron chi connectivity index (χ0n) is 16.4. The Morgan fingerprint density at radius 1 is 1.15 bits per heavy atom. The lowest BCUT2D eigenvalue weighted by Crippen LogP contribution is -2.43. The molecule has 1 aromatic rings. The minimum atomic E-state index is -1.01. The van der Waals surface area contributed by atoms with Crippen molar-refractivity contribution in [2.24, 2.45) is 11.3 Å². The monoisotopic (exact) mass is 374 g/mol. The number of nitrogens with one attached hydrogen (secondary N) is 2. The molecule has 0 saturated heterocycles. The first kappa shape index (κ1) is 20.9. The van der Waals surface area contributed by atoms with E-state index in [1.807, 2.05) is 13.8 Å². The van der Waals surface area contributed by atoms with Gasteiger partial charge in [0, 0.05) is 6.04 Å². The van der Waals surface area contributed by atoms with E-state index in [4.69, 9.17) is 0 Å². The van der Waals surface area contributed by atoms with E-state index in [1.165, 1.54) is 0 Å². The molecular formula is C21H30N2O4. The number of carbonyl (C=O) groups excluding carboxylic acids is 2. The summed E-state index contributed by atoms with van der Waals surface area (Å²) >= 11 is 0. The van der Waals surface area contributed by atoms with E-state index in [1.54, 1.807) is 31.2 Å². The predicted octanol–water partition coefficient (Wildman–Crippen LogP) is 3.82. The van der Waals surface area contributed by atoms with Gasteiger partial charge in [0.15, 0.2) is 0 Å². The lowest BCUT2D eigenvalue weighted by atomic mass is 9.67. The minimum Gasteiger partial charge on any atom is -0.481 e. The zero-order chi connectivity index (χ0) is 20.0. The van der Waals surface area contributed by atoms with Crippen LogP contribution < -0.4 is 10.6 Å². The molecule has 2 amide bonds. The number of carboxylic acids is 1. The van der Waals surface area contributed by atoms with Crippen LogP contribution in [0.15, 0.2) is 24.3 Å². The third-order valence-corrected chi connectivity index (χ3v) is 5.38. The molecule has 1 aliphatic rings. The molecule has 0 aliphatic heterocycles. The standard InChI is InChI=1S/C21H30N2O4/c1-14(2)22-19(26)16-11-7-8-12-17(16)23-20(27)21(3,13-18(24)25)15-9-5-4-6-10-15/h7-8,11-12,14-15H,4-6,9-10,13H2,1-3H3,(H,22,26)(H,23,27)(H,24,25). The van der Waals surface area contributed by atoms with Crippen molar-refractivity contribution >= 4 is 23.5 Å². The zero-order valence-corrected chi connectivity index (χ0v) is 16.4. The second kappa shape index (κ2) is 9.02. The molecule has 0 bridgehead atoms. The highest BCUT2D eigenvalue weighted by atomic mass is 16.4. The number of hydrogen-bond donors (Lipinski definition) is 3. The summed E-state index contributed by atoms with van der Waals surface area (Å²) in [5.41, 5.74) is -0.220. The molecule has 148 valence electrons. The van der Waals surface area contributed by atoms with E-state index >= 15 is 0 Å². The van der Waals surface area contributed by atoms with Crippen LogP contribution in [0.4, 0.5) is 5.69 Å². The number of rotatable bonds is 7. The average Bonchev–Trinajstić information content (AvgIpc) is 2.61. The predicted molar refractivity (Wildman–Crippen MR) is 105 cm³/mol. The lowest BCUT2D eigenvalue weighted by Gasteiger charge is -2.37. The van der Waals surface area contributed by atoms with Crippen LogP contribution >= 0.6 is 0 Å². The molecule has 3 N–H and O–H groups in total. The topological polar surface area (TPSA) is 95.5 Å². The highest BCUT2D eigenvalue weighted by Crippen LogP contribution is 2.42. The number of anilines is 1. The molecule has 1 atom stereocenters. The van der Waals surface area contributed by atoms with Gasteiger partial charge in [-0.2, -0.15) is 0 Å². The maximum atomic E-state index is 13.2. The van der Waals surface area contributed by atoms with Gasteiger partial charge < -0.3 is 15.7 Å². The van der Waals surface area contributed by atoms with Crippen molar-refractivity contribution in [3.05, 3.63) is 29.8 Å². The van der Waals surface area contributed by atoms with E-state index in [2.05, 4.69) is 10.6 Å². The van der Waals surface area contributed by atoms with Crippen molar-refractivity contribution < 1.29 is 19.5 Å². The van der Waals surface area contributed by atoms with Crippen LogP contribution in [0.2, 0.25) is 0 Å². The summed E-state index contributed by atoms with van der Waals surface area (Å²) < 4.78 is 0. The van der Waals surface area contributed by atoms with Gasteiger partial charge >= 0.3 is 5.97 Å². The fourth-order valence-corrected chi connectivity index (χ4v) is 3.86. The second-order valence-electron chi connectivity index (χ2n) is 7.95. The maximum absolute atomic E-state index is 13.2. The summed E-state index contributed by atoms with van der Waals surface area (Å²) in [6.45, 7) is 5.47. The molecule has 0 aromatic heterocycles. The van der Waals surface area contributed by atoms with Gasteiger partial charge in [0.2, 0.25) is 5.91 Å². The Hall–Kier alpha value is -2.37.